The van der Waals surface area contributed by atoms with E-state index in [0.29, 0.717) is 5.82 Å². The molecule has 0 aliphatic heterocycles. The highest BCUT2D eigenvalue weighted by Crippen LogP contribution is 2.16. The third-order valence-corrected chi connectivity index (χ3v) is 2.81. The van der Waals surface area contributed by atoms with Crippen LogP contribution in [-0.2, 0) is 0 Å². The summed E-state index contributed by atoms with van der Waals surface area (Å²) in [7, 11) is 4.07. The molecule has 1 N–H and O–H groups in total. The molecule has 0 radical (unpaired) electrons. The summed E-state index contributed by atoms with van der Waals surface area (Å²) in [6.07, 6.45) is 3.27. The Morgan fingerprint density at radius 3 is 2.42 bits per heavy atom. The lowest BCUT2D eigenvalue weighted by molar-refractivity contribution is 1.09. The predicted octanol–water partition coefficient (Wildman–Crippen LogP) is -1.55. The summed E-state index contributed by atoms with van der Waals surface area (Å²) < 4.78 is 0. The lowest BCUT2D eigenvalue weighted by Gasteiger charge is -2.05. The van der Waals surface area contributed by atoms with Gasteiger partial charge in [0.05, 0.1) is 11.4 Å². The van der Waals surface area contributed by atoms with Crippen molar-refractivity contribution in [3.8, 4) is 22.9 Å². The molecule has 3 aromatic rings. The Bertz CT molecular complexity index is 712. The van der Waals surface area contributed by atoms with E-state index in [0.717, 1.165) is 28.0 Å². The second-order valence-electron chi connectivity index (χ2n) is 4.47. The summed E-state index contributed by atoms with van der Waals surface area (Å²) in [5.41, 5.74) is 4.75. The summed E-state index contributed by atoms with van der Waals surface area (Å²) in [5.74, 6) is 0.664. The van der Waals surface area contributed by atoms with Crippen molar-refractivity contribution < 1.29 is 0 Å². The normalized spacial score (nSPS) is 10.5. The van der Waals surface area contributed by atoms with Gasteiger partial charge < -0.3 is 0 Å². The highest BCUT2D eigenvalue weighted by atomic mass is 15.2. The van der Waals surface area contributed by atoms with Gasteiger partial charge in [-0.3, -0.25) is 10.1 Å². The minimum Gasteiger partial charge on any atom is -0.258 e. The van der Waals surface area contributed by atoms with Crippen LogP contribution in [0.3, 0.4) is 0 Å². The van der Waals surface area contributed by atoms with Gasteiger partial charge in [-0.15, -0.1) is 0 Å². The third kappa shape index (κ3) is 2.40. The van der Waals surface area contributed by atoms with Crippen LogP contribution in [0.2, 0.25) is 0 Å². The van der Waals surface area contributed by atoms with Crippen LogP contribution in [0.25, 0.3) is 22.9 Å². The number of aromatic amines is 1. The fraction of sp³-hybridized carbons (Fsp3) is 0. The van der Waals surface area contributed by atoms with E-state index in [1.54, 1.807) is 6.20 Å². The maximum Gasteiger partial charge on any atom is 0.174 e. The standard InChI is InChI=1S/C12H11B2N5/c13-7-1-2-15-9(3-7)10-4-8(14)5-11(18-10)12-16-6-17-19-12/h1-6H,13-14H2,(H,16,17,19). The number of hydrogen-bond donors (Lipinski definition) is 1. The summed E-state index contributed by atoms with van der Waals surface area (Å²) in [6.45, 7) is 0. The van der Waals surface area contributed by atoms with Crippen molar-refractivity contribution in [1.29, 1.82) is 0 Å². The number of aromatic nitrogens is 5. The number of H-pyrrole nitrogens is 1. The molecule has 0 fully saturated rings. The van der Waals surface area contributed by atoms with Gasteiger partial charge in [0, 0.05) is 6.20 Å². The van der Waals surface area contributed by atoms with E-state index < -0.39 is 0 Å². The van der Waals surface area contributed by atoms with Crippen LogP contribution in [0.4, 0.5) is 0 Å². The van der Waals surface area contributed by atoms with E-state index in [-0.39, 0.29) is 0 Å². The van der Waals surface area contributed by atoms with Crippen LogP contribution in [0.1, 0.15) is 0 Å². The largest absolute Gasteiger partial charge is 0.258 e. The molecule has 0 bridgehead atoms. The molecule has 0 aromatic carbocycles. The predicted molar refractivity (Wildman–Crippen MR) is 79.2 cm³/mol. The molecule has 5 nitrogen and oxygen atoms in total. The zero-order valence-electron chi connectivity index (χ0n) is 10.8. The van der Waals surface area contributed by atoms with Gasteiger partial charge in [0.25, 0.3) is 0 Å². The molecule has 3 heterocycles. The van der Waals surface area contributed by atoms with Crippen LogP contribution >= 0.6 is 0 Å². The summed E-state index contributed by atoms with van der Waals surface area (Å²) in [5, 5.41) is 6.68. The first kappa shape index (κ1) is 11.6. The van der Waals surface area contributed by atoms with Crippen LogP contribution < -0.4 is 10.9 Å². The molecular weight excluding hydrogens is 236 g/mol. The fourth-order valence-electron chi connectivity index (χ4n) is 1.92. The Morgan fingerprint density at radius 2 is 1.68 bits per heavy atom. The lowest BCUT2D eigenvalue weighted by Crippen LogP contribution is -2.08. The van der Waals surface area contributed by atoms with Crippen molar-refractivity contribution in [1.82, 2.24) is 25.1 Å². The first-order chi connectivity index (χ1) is 9.22. The molecule has 0 saturated carbocycles. The zero-order valence-corrected chi connectivity index (χ0v) is 10.8. The summed E-state index contributed by atoms with van der Waals surface area (Å²) >= 11 is 0. The second-order valence-corrected chi connectivity index (χ2v) is 4.47. The van der Waals surface area contributed by atoms with Gasteiger partial charge in [-0.05, 0) is 18.2 Å². The Kier molecular flexibility index (Phi) is 2.87. The number of hydrogen-bond acceptors (Lipinski definition) is 4. The molecule has 0 saturated heterocycles. The maximum atomic E-state index is 4.59. The molecule has 0 unspecified atom stereocenters. The molecular formula is C12H11B2N5. The topological polar surface area (TPSA) is 67.3 Å². The average molecular weight is 247 g/mol. The average Bonchev–Trinajstić information content (AvgIpc) is 2.92. The Morgan fingerprint density at radius 1 is 0.895 bits per heavy atom. The Hall–Kier alpha value is -2.43. The van der Waals surface area contributed by atoms with Gasteiger partial charge in [-0.2, -0.15) is 5.10 Å². The van der Waals surface area contributed by atoms with Gasteiger partial charge in [0.1, 0.15) is 27.7 Å². The highest BCUT2D eigenvalue weighted by molar-refractivity contribution is 6.33. The summed E-state index contributed by atoms with van der Waals surface area (Å²) in [4.78, 5) is 13.1. The van der Waals surface area contributed by atoms with E-state index in [4.69, 9.17) is 0 Å². The van der Waals surface area contributed by atoms with Crippen molar-refractivity contribution >= 4 is 26.6 Å². The van der Waals surface area contributed by atoms with Crippen molar-refractivity contribution in [2.45, 2.75) is 0 Å². The van der Waals surface area contributed by atoms with E-state index in [2.05, 4.69) is 25.1 Å². The molecule has 0 amide bonds. The molecule has 3 rings (SSSR count). The maximum absolute atomic E-state index is 4.59. The van der Waals surface area contributed by atoms with Gasteiger partial charge in [-0.1, -0.05) is 17.0 Å². The molecule has 0 aliphatic rings. The molecule has 3 aromatic heterocycles. The van der Waals surface area contributed by atoms with Crippen LogP contribution in [0, 0.1) is 0 Å². The van der Waals surface area contributed by atoms with E-state index in [9.17, 15) is 0 Å². The molecule has 0 spiro atoms. The van der Waals surface area contributed by atoms with Gasteiger partial charge in [-0.25, -0.2) is 9.97 Å². The molecule has 0 atom stereocenters. The number of pyridine rings is 2. The number of rotatable bonds is 2. The Labute approximate surface area is 112 Å². The van der Waals surface area contributed by atoms with Gasteiger partial charge in [0.15, 0.2) is 5.82 Å². The molecule has 0 aliphatic carbocycles. The number of nitrogens with one attached hydrogen (secondary N) is 1. The minimum absolute atomic E-state index is 0.664. The second kappa shape index (κ2) is 4.68. The fourth-order valence-corrected chi connectivity index (χ4v) is 1.92. The number of nitrogens with zero attached hydrogens (tertiary/aromatic N) is 4. The van der Waals surface area contributed by atoms with Gasteiger partial charge >= 0.3 is 0 Å². The van der Waals surface area contributed by atoms with E-state index in [1.165, 1.54) is 6.33 Å². The van der Waals surface area contributed by atoms with Gasteiger partial charge in [0.2, 0.25) is 0 Å². The SMILES string of the molecule is Bc1ccnc(-c2cc(B)cc(-c3ncn[nH]3)n2)c1. The third-order valence-electron chi connectivity index (χ3n) is 2.81. The first-order valence-corrected chi connectivity index (χ1v) is 6.00. The van der Waals surface area contributed by atoms with Crippen molar-refractivity contribution in [2.24, 2.45) is 0 Å². The zero-order chi connectivity index (χ0) is 13.2. The van der Waals surface area contributed by atoms with E-state index >= 15 is 0 Å². The molecule has 7 heteroatoms. The molecule has 19 heavy (non-hydrogen) atoms. The van der Waals surface area contributed by atoms with Crippen molar-refractivity contribution in [2.75, 3.05) is 0 Å². The summed E-state index contributed by atoms with van der Waals surface area (Å²) in [6, 6.07) is 7.98. The lowest BCUT2D eigenvalue weighted by atomic mass is 9.93. The van der Waals surface area contributed by atoms with E-state index in [1.807, 2.05) is 40.0 Å². The van der Waals surface area contributed by atoms with Crippen LogP contribution in [0.15, 0.2) is 36.8 Å². The first-order valence-electron chi connectivity index (χ1n) is 6.00. The quantitative estimate of drug-likeness (QED) is 0.556. The van der Waals surface area contributed by atoms with Crippen molar-refractivity contribution in [3.63, 3.8) is 0 Å². The molecule has 90 valence electrons. The smallest absolute Gasteiger partial charge is 0.174 e. The van der Waals surface area contributed by atoms with Crippen molar-refractivity contribution in [3.05, 3.63) is 36.8 Å². The Balaban J connectivity index is 2.12. The highest BCUT2D eigenvalue weighted by Gasteiger charge is 2.08. The van der Waals surface area contributed by atoms with Crippen LogP contribution in [-0.4, -0.2) is 40.8 Å². The minimum atomic E-state index is 0.664. The monoisotopic (exact) mass is 247 g/mol. The van der Waals surface area contributed by atoms with Crippen LogP contribution in [0.5, 0.6) is 0 Å².